The number of nitrogens with one attached hydrogen (secondary N) is 1. The van der Waals surface area contributed by atoms with E-state index in [2.05, 4.69) is 10.4 Å². The number of amides is 1. The molecule has 4 nitrogen and oxygen atoms in total. The van der Waals surface area contributed by atoms with Gasteiger partial charge in [0.25, 0.3) is 0 Å². The molecule has 1 aromatic heterocycles. The Bertz CT molecular complexity index is 522. The maximum Gasteiger partial charge on any atom is 0.222 e. The van der Waals surface area contributed by atoms with Crippen LogP contribution in [-0.4, -0.2) is 15.7 Å². The van der Waals surface area contributed by atoms with Crippen LogP contribution in [0.25, 0.3) is 0 Å². The van der Waals surface area contributed by atoms with Crippen LogP contribution in [0.15, 0.2) is 42.7 Å². The molecule has 5 heteroatoms. The van der Waals surface area contributed by atoms with Gasteiger partial charge in [-0.1, -0.05) is 23.7 Å². The molecule has 0 radical (unpaired) electrons. The zero-order chi connectivity index (χ0) is 13.7. The summed E-state index contributed by atoms with van der Waals surface area (Å²) in [5, 5.41) is 7.70. The van der Waals surface area contributed by atoms with Crippen LogP contribution in [0.1, 0.15) is 24.9 Å². The van der Waals surface area contributed by atoms with Crippen molar-refractivity contribution in [3.63, 3.8) is 0 Å². The average molecular weight is 278 g/mol. The minimum Gasteiger partial charge on any atom is -0.352 e. The van der Waals surface area contributed by atoms with Gasteiger partial charge in [-0.15, -0.1) is 0 Å². The Morgan fingerprint density at radius 2 is 2.16 bits per heavy atom. The number of halogens is 1. The Kier molecular flexibility index (Phi) is 4.58. The van der Waals surface area contributed by atoms with Crippen LogP contribution < -0.4 is 5.32 Å². The Morgan fingerprint density at radius 3 is 2.79 bits per heavy atom. The fourth-order valence-electron chi connectivity index (χ4n) is 1.78. The first-order valence-corrected chi connectivity index (χ1v) is 6.53. The molecular formula is C14H16ClN3O. The third-order valence-electron chi connectivity index (χ3n) is 2.86. The topological polar surface area (TPSA) is 46.9 Å². The summed E-state index contributed by atoms with van der Waals surface area (Å²) >= 11 is 5.80. The number of hydrogen-bond donors (Lipinski definition) is 1. The lowest BCUT2D eigenvalue weighted by Crippen LogP contribution is -2.25. The van der Waals surface area contributed by atoms with Gasteiger partial charge in [0.1, 0.15) is 0 Å². The van der Waals surface area contributed by atoms with E-state index in [4.69, 9.17) is 11.6 Å². The molecule has 1 heterocycles. The molecule has 0 saturated heterocycles. The number of rotatable bonds is 5. The SMILES string of the molecule is CC(CC(=O)NCc1ccc(Cl)cc1)n1cccn1. The first-order chi connectivity index (χ1) is 9.15. The zero-order valence-electron chi connectivity index (χ0n) is 10.7. The quantitative estimate of drug-likeness (QED) is 0.913. The second-order valence-electron chi connectivity index (χ2n) is 4.44. The molecule has 2 aromatic rings. The molecule has 0 spiro atoms. The molecule has 0 saturated carbocycles. The summed E-state index contributed by atoms with van der Waals surface area (Å²) in [4.78, 5) is 11.8. The molecule has 1 amide bonds. The Morgan fingerprint density at radius 1 is 1.42 bits per heavy atom. The summed E-state index contributed by atoms with van der Waals surface area (Å²) < 4.78 is 1.78. The lowest BCUT2D eigenvalue weighted by molar-refractivity contribution is -0.122. The first-order valence-electron chi connectivity index (χ1n) is 6.15. The van der Waals surface area contributed by atoms with Crippen LogP contribution in [-0.2, 0) is 11.3 Å². The van der Waals surface area contributed by atoms with E-state index in [0.29, 0.717) is 18.0 Å². The normalized spacial score (nSPS) is 12.1. The van der Waals surface area contributed by atoms with Crippen molar-refractivity contribution in [2.24, 2.45) is 0 Å². The molecule has 0 aliphatic heterocycles. The van der Waals surface area contributed by atoms with Crippen molar-refractivity contribution < 1.29 is 4.79 Å². The van der Waals surface area contributed by atoms with Crippen molar-refractivity contribution in [3.05, 3.63) is 53.3 Å². The van der Waals surface area contributed by atoms with Gasteiger partial charge in [0.05, 0.1) is 6.04 Å². The Hall–Kier alpha value is -1.81. The van der Waals surface area contributed by atoms with Crippen LogP contribution >= 0.6 is 11.6 Å². The number of carbonyl (C=O) groups is 1. The summed E-state index contributed by atoms with van der Waals surface area (Å²) in [5.74, 6) is 0.0120. The smallest absolute Gasteiger partial charge is 0.222 e. The first kappa shape index (κ1) is 13.6. The summed E-state index contributed by atoms with van der Waals surface area (Å²) in [6, 6.07) is 9.34. The predicted octanol–water partition coefficient (Wildman–Crippen LogP) is 2.80. The molecular weight excluding hydrogens is 262 g/mol. The molecule has 0 bridgehead atoms. The Labute approximate surface area is 117 Å². The zero-order valence-corrected chi connectivity index (χ0v) is 11.5. The molecule has 19 heavy (non-hydrogen) atoms. The maximum absolute atomic E-state index is 11.8. The lowest BCUT2D eigenvalue weighted by Gasteiger charge is -2.12. The fourth-order valence-corrected chi connectivity index (χ4v) is 1.90. The van der Waals surface area contributed by atoms with Crippen molar-refractivity contribution in [2.45, 2.75) is 25.9 Å². The molecule has 100 valence electrons. The molecule has 1 unspecified atom stereocenters. The standard InChI is InChI=1S/C14H16ClN3O/c1-11(18-8-2-7-17-18)9-14(19)16-10-12-3-5-13(15)6-4-12/h2-8,11H,9-10H2,1H3,(H,16,19). The largest absolute Gasteiger partial charge is 0.352 e. The third-order valence-corrected chi connectivity index (χ3v) is 3.11. The van der Waals surface area contributed by atoms with E-state index in [-0.39, 0.29) is 11.9 Å². The molecule has 2 rings (SSSR count). The van der Waals surface area contributed by atoms with Gasteiger partial charge in [0.2, 0.25) is 5.91 Å². The fraction of sp³-hybridized carbons (Fsp3) is 0.286. The van der Waals surface area contributed by atoms with E-state index in [9.17, 15) is 4.79 Å². The maximum atomic E-state index is 11.8. The van der Waals surface area contributed by atoms with Gasteiger partial charge in [-0.2, -0.15) is 5.10 Å². The summed E-state index contributed by atoms with van der Waals surface area (Å²) in [6.45, 7) is 2.48. The minimum atomic E-state index is 0.0120. The highest BCUT2D eigenvalue weighted by atomic mass is 35.5. The predicted molar refractivity (Wildman–Crippen MR) is 74.9 cm³/mol. The van der Waals surface area contributed by atoms with Crippen LogP contribution in [0.2, 0.25) is 5.02 Å². The summed E-state index contributed by atoms with van der Waals surface area (Å²) in [5.41, 5.74) is 1.03. The van der Waals surface area contributed by atoms with E-state index < -0.39 is 0 Å². The van der Waals surface area contributed by atoms with Crippen molar-refractivity contribution in [1.29, 1.82) is 0 Å². The molecule has 1 atom stereocenters. The van der Waals surface area contributed by atoms with Gasteiger partial charge in [-0.25, -0.2) is 0 Å². The van der Waals surface area contributed by atoms with Crippen LogP contribution in [0.3, 0.4) is 0 Å². The van der Waals surface area contributed by atoms with E-state index in [1.165, 1.54) is 0 Å². The minimum absolute atomic E-state index is 0.0120. The number of carbonyl (C=O) groups excluding carboxylic acids is 1. The van der Waals surface area contributed by atoms with Crippen LogP contribution in [0.5, 0.6) is 0 Å². The summed E-state index contributed by atoms with van der Waals surface area (Å²) in [7, 11) is 0. The summed E-state index contributed by atoms with van der Waals surface area (Å²) in [6.07, 6.45) is 3.98. The molecule has 0 aliphatic rings. The van der Waals surface area contributed by atoms with Gasteiger partial charge in [0, 0.05) is 30.4 Å². The van der Waals surface area contributed by atoms with Crippen molar-refractivity contribution in [2.75, 3.05) is 0 Å². The molecule has 1 N–H and O–H groups in total. The van der Waals surface area contributed by atoms with Gasteiger partial charge < -0.3 is 5.32 Å². The van der Waals surface area contributed by atoms with Crippen molar-refractivity contribution >= 4 is 17.5 Å². The van der Waals surface area contributed by atoms with E-state index >= 15 is 0 Å². The van der Waals surface area contributed by atoms with Gasteiger partial charge in [0.15, 0.2) is 0 Å². The second kappa shape index (κ2) is 6.38. The monoisotopic (exact) mass is 277 g/mol. The van der Waals surface area contributed by atoms with Gasteiger partial charge in [-0.3, -0.25) is 9.48 Å². The van der Waals surface area contributed by atoms with Crippen molar-refractivity contribution in [3.8, 4) is 0 Å². The van der Waals surface area contributed by atoms with Crippen molar-refractivity contribution in [1.82, 2.24) is 15.1 Å². The number of nitrogens with zero attached hydrogens (tertiary/aromatic N) is 2. The highest BCUT2D eigenvalue weighted by Gasteiger charge is 2.10. The third kappa shape index (κ3) is 4.10. The van der Waals surface area contributed by atoms with Gasteiger partial charge >= 0.3 is 0 Å². The highest BCUT2D eigenvalue weighted by molar-refractivity contribution is 6.30. The Balaban J connectivity index is 1.80. The van der Waals surface area contributed by atoms with Crippen LogP contribution in [0, 0.1) is 0 Å². The molecule has 0 fully saturated rings. The highest BCUT2D eigenvalue weighted by Crippen LogP contribution is 2.10. The van der Waals surface area contributed by atoms with E-state index in [1.54, 1.807) is 10.9 Å². The number of aromatic nitrogens is 2. The van der Waals surface area contributed by atoms with Gasteiger partial charge in [-0.05, 0) is 30.7 Å². The van der Waals surface area contributed by atoms with E-state index in [0.717, 1.165) is 5.56 Å². The second-order valence-corrected chi connectivity index (χ2v) is 4.88. The van der Waals surface area contributed by atoms with Crippen LogP contribution in [0.4, 0.5) is 0 Å². The molecule has 0 aliphatic carbocycles. The van der Waals surface area contributed by atoms with E-state index in [1.807, 2.05) is 43.5 Å². The number of hydrogen-bond acceptors (Lipinski definition) is 2. The lowest BCUT2D eigenvalue weighted by atomic mass is 10.2. The average Bonchev–Trinajstić information content (AvgIpc) is 2.92. The number of benzene rings is 1. The molecule has 1 aromatic carbocycles.